The van der Waals surface area contributed by atoms with Crippen molar-refractivity contribution < 1.29 is 10.2 Å². The van der Waals surface area contributed by atoms with Crippen LogP contribution in [0.5, 0.6) is 5.75 Å². The highest BCUT2D eigenvalue weighted by Crippen LogP contribution is 2.62. The van der Waals surface area contributed by atoms with E-state index in [2.05, 4.69) is 41.3 Å². The first-order chi connectivity index (χ1) is 15.0. The van der Waals surface area contributed by atoms with Crippen LogP contribution in [0.15, 0.2) is 48.5 Å². The Morgan fingerprint density at radius 3 is 2.65 bits per heavy atom. The molecule has 4 heteroatoms. The van der Waals surface area contributed by atoms with Crippen molar-refractivity contribution in [3.63, 3.8) is 0 Å². The van der Waals surface area contributed by atoms with E-state index >= 15 is 0 Å². The van der Waals surface area contributed by atoms with Crippen molar-refractivity contribution in [2.45, 2.75) is 49.5 Å². The van der Waals surface area contributed by atoms with Gasteiger partial charge in [-0.05, 0) is 79.6 Å². The van der Waals surface area contributed by atoms with Crippen LogP contribution in [0.2, 0.25) is 0 Å². The lowest BCUT2D eigenvalue weighted by Crippen LogP contribution is -2.61. The van der Waals surface area contributed by atoms with Gasteiger partial charge in [0.15, 0.2) is 0 Å². The number of pyridine rings is 1. The predicted molar refractivity (Wildman–Crippen MR) is 120 cm³/mol. The summed E-state index contributed by atoms with van der Waals surface area (Å²) < 4.78 is 0. The molecule has 7 rings (SSSR count). The molecule has 1 saturated carbocycles. The zero-order valence-corrected chi connectivity index (χ0v) is 17.8. The highest BCUT2D eigenvalue weighted by atomic mass is 16.3. The van der Waals surface area contributed by atoms with E-state index in [9.17, 15) is 10.2 Å². The molecule has 0 bridgehead atoms. The highest BCUT2D eigenvalue weighted by molar-refractivity contribution is 5.79. The number of aromatic hydroxyl groups is 1. The lowest BCUT2D eigenvalue weighted by atomic mass is 9.52. The summed E-state index contributed by atoms with van der Waals surface area (Å²) in [5.74, 6) is 0.371. The minimum Gasteiger partial charge on any atom is -0.508 e. The van der Waals surface area contributed by atoms with Crippen LogP contribution in [0.1, 0.15) is 41.6 Å². The third kappa shape index (κ3) is 2.52. The molecule has 0 amide bonds. The van der Waals surface area contributed by atoms with Gasteiger partial charge in [-0.2, -0.15) is 0 Å². The fourth-order valence-corrected chi connectivity index (χ4v) is 7.12. The number of aliphatic hydroxyl groups is 1. The van der Waals surface area contributed by atoms with E-state index < -0.39 is 5.60 Å². The highest BCUT2D eigenvalue weighted by Gasteiger charge is 2.62. The molecule has 1 aliphatic heterocycles. The molecule has 0 spiro atoms. The summed E-state index contributed by atoms with van der Waals surface area (Å²) in [5, 5.41) is 22.2. The minimum atomic E-state index is -0.454. The predicted octanol–water partition coefficient (Wildman–Crippen LogP) is 3.75. The molecule has 4 nitrogen and oxygen atoms in total. The number of benzene rings is 2. The molecule has 2 fully saturated rings. The van der Waals surface area contributed by atoms with Crippen LogP contribution in [-0.2, 0) is 24.7 Å². The molecular weight excluding hydrogens is 384 g/mol. The number of hydrogen-bond donors (Lipinski definition) is 2. The van der Waals surface area contributed by atoms with E-state index in [1.807, 2.05) is 12.1 Å². The Labute approximate surface area is 182 Å². The summed E-state index contributed by atoms with van der Waals surface area (Å²) in [6.07, 6.45) is 5.95. The molecule has 31 heavy (non-hydrogen) atoms. The van der Waals surface area contributed by atoms with Gasteiger partial charge in [0, 0.05) is 41.4 Å². The largest absolute Gasteiger partial charge is 0.508 e. The first-order valence-electron chi connectivity index (χ1n) is 11.6. The second-order valence-electron chi connectivity index (χ2n) is 10.7. The van der Waals surface area contributed by atoms with Gasteiger partial charge in [0.05, 0.1) is 11.1 Å². The Morgan fingerprint density at radius 2 is 1.77 bits per heavy atom. The second kappa shape index (κ2) is 5.87. The van der Waals surface area contributed by atoms with Crippen molar-refractivity contribution in [2.24, 2.45) is 5.41 Å². The number of rotatable bonds is 2. The first kappa shape index (κ1) is 18.2. The summed E-state index contributed by atoms with van der Waals surface area (Å²) in [6.45, 7) is 2.81. The van der Waals surface area contributed by atoms with Gasteiger partial charge in [0.25, 0.3) is 0 Å². The van der Waals surface area contributed by atoms with Crippen LogP contribution in [-0.4, -0.2) is 45.3 Å². The van der Waals surface area contributed by atoms with Gasteiger partial charge in [-0.1, -0.05) is 24.3 Å². The number of para-hydroxylation sites is 1. The van der Waals surface area contributed by atoms with Crippen molar-refractivity contribution in [2.75, 3.05) is 19.6 Å². The van der Waals surface area contributed by atoms with E-state index in [1.165, 1.54) is 27.8 Å². The van der Waals surface area contributed by atoms with Crippen molar-refractivity contribution in [3.8, 4) is 5.75 Å². The Balaban J connectivity index is 1.38. The number of phenols is 1. The molecule has 4 aliphatic rings. The summed E-state index contributed by atoms with van der Waals surface area (Å²) in [4.78, 5) is 7.65. The monoisotopic (exact) mass is 412 g/mol. The molecular formula is C27H28N2O2. The average molecular weight is 413 g/mol. The fourth-order valence-electron chi connectivity index (χ4n) is 7.12. The number of nitrogens with zero attached hydrogens (tertiary/aromatic N) is 2. The topological polar surface area (TPSA) is 56.6 Å². The van der Waals surface area contributed by atoms with Crippen LogP contribution in [0.3, 0.4) is 0 Å². The van der Waals surface area contributed by atoms with E-state index in [4.69, 9.17) is 4.98 Å². The number of hydrogen-bond acceptors (Lipinski definition) is 4. The molecule has 2 N–H and O–H groups in total. The second-order valence-corrected chi connectivity index (χ2v) is 10.7. The van der Waals surface area contributed by atoms with E-state index in [0.717, 1.165) is 63.7 Å². The van der Waals surface area contributed by atoms with Crippen molar-refractivity contribution >= 4 is 10.9 Å². The number of likely N-dealkylation sites (tertiary alicyclic amines) is 1. The summed E-state index contributed by atoms with van der Waals surface area (Å²) in [6, 6.07) is 16.8. The van der Waals surface area contributed by atoms with Gasteiger partial charge in [-0.15, -0.1) is 0 Å². The molecule has 1 saturated heterocycles. The SMILES string of the molecule is Oc1ccc2c(c1)C13CCN(CC4(O)CC4)CC1(C2)Cc1cc2ccccc2nc1C3. The van der Waals surface area contributed by atoms with Crippen molar-refractivity contribution in [3.05, 3.63) is 70.9 Å². The smallest absolute Gasteiger partial charge is 0.115 e. The van der Waals surface area contributed by atoms with Crippen LogP contribution < -0.4 is 0 Å². The zero-order chi connectivity index (χ0) is 20.8. The average Bonchev–Trinajstić information content (AvgIpc) is 3.41. The quantitative estimate of drug-likeness (QED) is 0.673. The van der Waals surface area contributed by atoms with Crippen LogP contribution in [0.25, 0.3) is 10.9 Å². The van der Waals surface area contributed by atoms with E-state index in [-0.39, 0.29) is 10.8 Å². The van der Waals surface area contributed by atoms with Gasteiger partial charge in [-0.3, -0.25) is 9.88 Å². The van der Waals surface area contributed by atoms with Gasteiger partial charge >= 0.3 is 0 Å². The normalized spacial score (nSPS) is 30.4. The maximum Gasteiger partial charge on any atom is 0.115 e. The molecule has 0 radical (unpaired) electrons. The van der Waals surface area contributed by atoms with Crippen LogP contribution in [0.4, 0.5) is 0 Å². The van der Waals surface area contributed by atoms with Gasteiger partial charge < -0.3 is 10.2 Å². The number of aromatic nitrogens is 1. The third-order valence-electron chi connectivity index (χ3n) is 8.77. The summed E-state index contributed by atoms with van der Waals surface area (Å²) in [5.41, 5.74) is 6.10. The molecule has 1 aromatic heterocycles. The lowest BCUT2D eigenvalue weighted by Gasteiger charge is -2.56. The summed E-state index contributed by atoms with van der Waals surface area (Å²) >= 11 is 0. The number of phenolic OH excluding ortho intramolecular Hbond substituents is 1. The first-order valence-corrected chi connectivity index (χ1v) is 11.6. The lowest BCUT2D eigenvalue weighted by molar-refractivity contribution is -0.0200. The number of piperidine rings is 1. The molecule has 2 aromatic carbocycles. The number of β-amino-alcohol motifs (C(OH)–C–C–N with tert-alkyl or cyclic N) is 1. The van der Waals surface area contributed by atoms with E-state index in [0.29, 0.717) is 5.75 Å². The van der Waals surface area contributed by atoms with Crippen molar-refractivity contribution in [1.82, 2.24) is 9.88 Å². The molecule has 2 heterocycles. The van der Waals surface area contributed by atoms with Gasteiger partial charge in [-0.25, -0.2) is 0 Å². The van der Waals surface area contributed by atoms with Gasteiger partial charge in [0.2, 0.25) is 0 Å². The molecule has 158 valence electrons. The fraction of sp³-hybridized carbons (Fsp3) is 0.444. The minimum absolute atomic E-state index is 0.0200. The number of fused-ring (bicyclic) bond motifs is 3. The van der Waals surface area contributed by atoms with Crippen molar-refractivity contribution in [1.29, 1.82) is 0 Å². The molecule has 3 aliphatic carbocycles. The van der Waals surface area contributed by atoms with E-state index in [1.54, 1.807) is 0 Å². The van der Waals surface area contributed by atoms with Crippen LogP contribution in [0, 0.1) is 5.41 Å². The maximum atomic E-state index is 10.6. The molecule has 2 atom stereocenters. The zero-order valence-electron chi connectivity index (χ0n) is 17.8. The Bertz CT molecular complexity index is 1230. The van der Waals surface area contributed by atoms with Crippen LogP contribution >= 0.6 is 0 Å². The molecule has 3 aromatic rings. The summed E-state index contributed by atoms with van der Waals surface area (Å²) in [7, 11) is 0. The maximum absolute atomic E-state index is 10.6. The third-order valence-corrected chi connectivity index (χ3v) is 8.77. The van der Waals surface area contributed by atoms with Gasteiger partial charge in [0.1, 0.15) is 5.75 Å². The Morgan fingerprint density at radius 1 is 0.935 bits per heavy atom. The Hall–Kier alpha value is -2.43. The Kier molecular flexibility index (Phi) is 3.44. The standard InChI is InChI=1S/C27H28N2O2/c30-21-6-5-19-13-25-14-20-11-18-3-1-2-4-23(18)28-24(20)15-27(25,22(19)12-21)9-10-29(16-25)17-26(31)7-8-26/h1-6,11-12,30-31H,7-10,13-17H2. The molecule has 2 unspecified atom stereocenters.